The summed E-state index contributed by atoms with van der Waals surface area (Å²) >= 11 is 14.2. The predicted octanol–water partition coefficient (Wildman–Crippen LogP) is 6.29. The van der Waals surface area contributed by atoms with E-state index in [0.29, 0.717) is 15.3 Å². The summed E-state index contributed by atoms with van der Waals surface area (Å²) in [6.45, 7) is 3.01. The van der Waals surface area contributed by atoms with Crippen molar-refractivity contribution in [3.8, 4) is 0 Å². The van der Waals surface area contributed by atoms with Crippen LogP contribution < -0.4 is 0 Å². The van der Waals surface area contributed by atoms with Gasteiger partial charge in [0.15, 0.2) is 0 Å². The van der Waals surface area contributed by atoms with Crippen molar-refractivity contribution in [1.82, 2.24) is 9.55 Å². The van der Waals surface area contributed by atoms with Gasteiger partial charge in [0.25, 0.3) is 0 Å². The minimum Gasteiger partial charge on any atom is -0.336 e. The van der Waals surface area contributed by atoms with Crippen molar-refractivity contribution in [2.24, 2.45) is 0 Å². The van der Waals surface area contributed by atoms with Gasteiger partial charge in [-0.25, -0.2) is 4.98 Å². The number of aromatic nitrogens is 2. The number of benzene rings is 2. The highest BCUT2D eigenvalue weighted by atomic mass is 35.5. The Morgan fingerprint density at radius 2 is 1.92 bits per heavy atom. The molecule has 3 rings (SSSR count). The molecule has 5 heteroatoms. The van der Waals surface area contributed by atoms with Crippen LogP contribution in [0.3, 0.4) is 0 Å². The molecule has 1 aromatic heterocycles. The fourth-order valence-electron chi connectivity index (χ4n) is 2.65. The molecule has 1 heterocycles. The first kappa shape index (κ1) is 18.4. The number of hydrogen-bond donors (Lipinski definition) is 0. The summed E-state index contributed by atoms with van der Waals surface area (Å²) in [5.41, 5.74) is 2.66. The molecule has 0 aliphatic carbocycles. The lowest BCUT2D eigenvalue weighted by atomic mass is 10.1. The smallest absolute Gasteiger partial charge is 0.0946 e. The average molecular weight is 391 g/mol. The highest BCUT2D eigenvalue weighted by Crippen LogP contribution is 2.34. The number of imidazole rings is 1. The lowest BCUT2D eigenvalue weighted by Gasteiger charge is -2.18. The van der Waals surface area contributed by atoms with Gasteiger partial charge in [0, 0.05) is 34.1 Å². The standard InChI is InChI=1S/C20H20Cl2N2S/c1-15-2-4-16(5-3-15)6-8-18(13-24-11-10-23-14-24)25-20-9-7-17(21)12-19(20)22/h2-5,7,9-12,14,18H,6,8,13H2,1H3. The quantitative estimate of drug-likeness (QED) is 0.441. The van der Waals surface area contributed by atoms with Crippen molar-refractivity contribution in [2.45, 2.75) is 36.5 Å². The molecular weight excluding hydrogens is 371 g/mol. The molecule has 0 N–H and O–H groups in total. The number of aryl methyl sites for hydroxylation is 2. The van der Waals surface area contributed by atoms with Crippen LogP contribution in [0.15, 0.2) is 66.1 Å². The molecule has 2 nitrogen and oxygen atoms in total. The zero-order chi connectivity index (χ0) is 17.6. The van der Waals surface area contributed by atoms with Gasteiger partial charge in [-0.1, -0.05) is 53.0 Å². The van der Waals surface area contributed by atoms with Crippen molar-refractivity contribution < 1.29 is 0 Å². The van der Waals surface area contributed by atoms with Gasteiger partial charge in [0.1, 0.15) is 0 Å². The van der Waals surface area contributed by atoms with Crippen LogP contribution in [0, 0.1) is 6.92 Å². The monoisotopic (exact) mass is 390 g/mol. The van der Waals surface area contributed by atoms with Crippen LogP contribution in [-0.2, 0) is 13.0 Å². The van der Waals surface area contributed by atoms with E-state index in [1.807, 2.05) is 30.9 Å². The predicted molar refractivity (Wildman–Crippen MR) is 108 cm³/mol. The first-order chi connectivity index (χ1) is 12.1. The number of hydrogen-bond acceptors (Lipinski definition) is 2. The van der Waals surface area contributed by atoms with E-state index in [4.69, 9.17) is 23.2 Å². The molecule has 0 fully saturated rings. The molecule has 0 bridgehead atoms. The Morgan fingerprint density at radius 3 is 2.60 bits per heavy atom. The van der Waals surface area contributed by atoms with Crippen molar-refractivity contribution >= 4 is 35.0 Å². The number of nitrogens with zero attached hydrogens (tertiary/aromatic N) is 2. The largest absolute Gasteiger partial charge is 0.336 e. The van der Waals surface area contributed by atoms with Crippen molar-refractivity contribution in [3.05, 3.63) is 82.4 Å². The molecule has 0 saturated carbocycles. The van der Waals surface area contributed by atoms with E-state index in [9.17, 15) is 0 Å². The molecule has 25 heavy (non-hydrogen) atoms. The number of thioether (sulfide) groups is 1. The summed E-state index contributed by atoms with van der Waals surface area (Å²) in [5, 5.41) is 1.78. The molecule has 1 unspecified atom stereocenters. The van der Waals surface area contributed by atoms with E-state index >= 15 is 0 Å². The summed E-state index contributed by atoms with van der Waals surface area (Å²) in [6, 6.07) is 14.5. The maximum Gasteiger partial charge on any atom is 0.0946 e. The van der Waals surface area contributed by atoms with Gasteiger partial charge in [-0.05, 0) is 43.5 Å². The van der Waals surface area contributed by atoms with E-state index in [-0.39, 0.29) is 0 Å². The van der Waals surface area contributed by atoms with E-state index in [0.717, 1.165) is 24.3 Å². The first-order valence-electron chi connectivity index (χ1n) is 8.23. The molecule has 0 amide bonds. The van der Waals surface area contributed by atoms with Gasteiger partial charge in [0.2, 0.25) is 0 Å². The molecule has 130 valence electrons. The highest BCUT2D eigenvalue weighted by molar-refractivity contribution is 8.00. The Kier molecular flexibility index (Phi) is 6.46. The van der Waals surface area contributed by atoms with Gasteiger partial charge in [0.05, 0.1) is 11.3 Å². The molecule has 0 saturated heterocycles. The number of rotatable bonds is 7. The summed E-state index contributed by atoms with van der Waals surface area (Å²) in [6.07, 6.45) is 7.78. The Morgan fingerprint density at radius 1 is 1.12 bits per heavy atom. The van der Waals surface area contributed by atoms with Crippen molar-refractivity contribution in [3.63, 3.8) is 0 Å². The molecule has 0 aliphatic rings. The molecule has 1 atom stereocenters. The maximum absolute atomic E-state index is 6.37. The van der Waals surface area contributed by atoms with Crippen LogP contribution >= 0.6 is 35.0 Å². The Hall–Kier alpha value is -1.42. The molecule has 0 spiro atoms. The zero-order valence-corrected chi connectivity index (χ0v) is 16.4. The van der Waals surface area contributed by atoms with Crippen LogP contribution in [0.25, 0.3) is 0 Å². The van der Waals surface area contributed by atoms with Gasteiger partial charge < -0.3 is 4.57 Å². The fourth-order valence-corrected chi connectivity index (χ4v) is 4.35. The van der Waals surface area contributed by atoms with E-state index in [1.54, 1.807) is 17.8 Å². The third-order valence-corrected chi connectivity index (χ3v) is 6.02. The highest BCUT2D eigenvalue weighted by Gasteiger charge is 2.14. The number of halogens is 2. The summed E-state index contributed by atoms with van der Waals surface area (Å²) in [4.78, 5) is 5.22. The molecule has 2 aromatic carbocycles. The van der Waals surface area contributed by atoms with E-state index in [2.05, 4.69) is 40.7 Å². The normalized spacial score (nSPS) is 12.3. The molecule has 0 aliphatic heterocycles. The van der Waals surface area contributed by atoms with Gasteiger partial charge in [-0.2, -0.15) is 0 Å². The second-order valence-corrected chi connectivity index (χ2v) is 8.28. The van der Waals surface area contributed by atoms with E-state index in [1.165, 1.54) is 11.1 Å². The Bertz CT molecular complexity index is 801. The molecule has 3 aromatic rings. The van der Waals surface area contributed by atoms with Crippen LogP contribution in [0.5, 0.6) is 0 Å². The lowest BCUT2D eigenvalue weighted by Crippen LogP contribution is -2.13. The fraction of sp³-hybridized carbons (Fsp3) is 0.250. The van der Waals surface area contributed by atoms with Crippen LogP contribution in [0.1, 0.15) is 17.5 Å². The van der Waals surface area contributed by atoms with Gasteiger partial charge in [-0.15, -0.1) is 11.8 Å². The van der Waals surface area contributed by atoms with Crippen LogP contribution in [0.2, 0.25) is 10.0 Å². The summed E-state index contributed by atoms with van der Waals surface area (Å²) < 4.78 is 2.12. The second kappa shape index (κ2) is 8.79. The minimum atomic E-state index is 0.397. The summed E-state index contributed by atoms with van der Waals surface area (Å²) in [5.74, 6) is 0. The first-order valence-corrected chi connectivity index (χ1v) is 9.87. The second-order valence-electron chi connectivity index (χ2n) is 6.10. The average Bonchev–Trinajstić information content (AvgIpc) is 3.09. The molecular formula is C20H20Cl2N2S. The zero-order valence-electron chi connectivity index (χ0n) is 14.0. The Balaban J connectivity index is 1.71. The topological polar surface area (TPSA) is 17.8 Å². The van der Waals surface area contributed by atoms with Crippen molar-refractivity contribution in [1.29, 1.82) is 0 Å². The lowest BCUT2D eigenvalue weighted by molar-refractivity contribution is 0.624. The van der Waals surface area contributed by atoms with Crippen molar-refractivity contribution in [2.75, 3.05) is 0 Å². The van der Waals surface area contributed by atoms with Gasteiger partial charge >= 0.3 is 0 Å². The Labute approximate surface area is 163 Å². The third kappa shape index (κ3) is 5.53. The third-order valence-electron chi connectivity index (χ3n) is 4.04. The van der Waals surface area contributed by atoms with Gasteiger partial charge in [-0.3, -0.25) is 0 Å². The van der Waals surface area contributed by atoms with Crippen LogP contribution in [-0.4, -0.2) is 14.8 Å². The molecule has 0 radical (unpaired) electrons. The van der Waals surface area contributed by atoms with E-state index < -0.39 is 0 Å². The van der Waals surface area contributed by atoms with Crippen LogP contribution in [0.4, 0.5) is 0 Å². The SMILES string of the molecule is Cc1ccc(CCC(Cn2ccnc2)Sc2ccc(Cl)cc2Cl)cc1. The minimum absolute atomic E-state index is 0.397. The maximum atomic E-state index is 6.37. The summed E-state index contributed by atoms with van der Waals surface area (Å²) in [7, 11) is 0.